The molecule has 116 valence electrons. The lowest BCUT2D eigenvalue weighted by atomic mass is 10.1. The van der Waals surface area contributed by atoms with E-state index < -0.39 is 39.2 Å². The van der Waals surface area contributed by atoms with Gasteiger partial charge in [0, 0.05) is 18.0 Å². The van der Waals surface area contributed by atoms with Crippen LogP contribution in [0.4, 0.5) is 13.2 Å². The molecule has 5 nitrogen and oxygen atoms in total. The average Bonchev–Trinajstić information content (AvgIpc) is 2.94. The Balaban J connectivity index is 1.96. The summed E-state index contributed by atoms with van der Waals surface area (Å²) in [6, 6.07) is 6.25. The highest BCUT2D eigenvalue weighted by Gasteiger charge is 2.59. The fourth-order valence-corrected chi connectivity index (χ4v) is 3.54. The maximum atomic E-state index is 12.6. The number of benzene rings is 1. The van der Waals surface area contributed by atoms with Crippen LogP contribution >= 0.6 is 0 Å². The normalized spacial score (nSPS) is 32.6. The van der Waals surface area contributed by atoms with Crippen LogP contribution in [0.15, 0.2) is 24.3 Å². The Hall–Kier alpha value is -1.16. The zero-order valence-electron chi connectivity index (χ0n) is 10.6. The van der Waals surface area contributed by atoms with Crippen LogP contribution in [0.5, 0.6) is 0 Å². The van der Waals surface area contributed by atoms with Gasteiger partial charge in [0.2, 0.25) is 0 Å². The van der Waals surface area contributed by atoms with Crippen molar-refractivity contribution in [1.82, 2.24) is 0 Å². The van der Waals surface area contributed by atoms with Gasteiger partial charge < -0.3 is 15.2 Å². The van der Waals surface area contributed by atoms with E-state index >= 15 is 0 Å². The molecule has 1 aromatic carbocycles. The van der Waals surface area contributed by atoms with Crippen molar-refractivity contribution < 1.29 is 31.1 Å². The summed E-state index contributed by atoms with van der Waals surface area (Å²) in [5, 5.41) is 0. The van der Waals surface area contributed by atoms with Gasteiger partial charge in [0.25, 0.3) is 9.84 Å². The van der Waals surface area contributed by atoms with Crippen molar-refractivity contribution in [3.05, 3.63) is 35.4 Å². The van der Waals surface area contributed by atoms with Crippen molar-refractivity contribution in [3.8, 4) is 0 Å². The van der Waals surface area contributed by atoms with E-state index in [1.54, 1.807) is 24.3 Å². The summed E-state index contributed by atoms with van der Waals surface area (Å²) in [5.41, 5.74) is -0.379. The molecule has 21 heavy (non-hydrogen) atoms. The molecule has 3 unspecified atom stereocenters. The summed E-state index contributed by atoms with van der Waals surface area (Å²) in [7, 11) is -5.45. The smallest absolute Gasteiger partial charge is 0.342 e. The van der Waals surface area contributed by atoms with Gasteiger partial charge in [0.15, 0.2) is 11.2 Å². The molecule has 3 rings (SSSR count). The van der Waals surface area contributed by atoms with E-state index in [9.17, 15) is 21.6 Å². The number of halogens is 3. The van der Waals surface area contributed by atoms with Gasteiger partial charge in [0.1, 0.15) is 0 Å². The molecule has 1 aliphatic carbocycles. The maximum absolute atomic E-state index is 12.6. The van der Waals surface area contributed by atoms with Crippen LogP contribution in [0.1, 0.15) is 23.6 Å². The molecule has 1 aliphatic heterocycles. The molecule has 0 amide bonds. The van der Waals surface area contributed by atoms with E-state index in [1.807, 2.05) is 0 Å². The highest BCUT2D eigenvalue weighted by Crippen LogP contribution is 2.50. The minimum Gasteiger partial charge on any atom is -0.342 e. The van der Waals surface area contributed by atoms with Gasteiger partial charge >= 0.3 is 5.51 Å². The number of fused-ring (bicyclic) bond motifs is 2. The Morgan fingerprint density at radius 1 is 1.29 bits per heavy atom. The molecule has 1 saturated heterocycles. The molecule has 0 aromatic heterocycles. The van der Waals surface area contributed by atoms with E-state index in [4.69, 9.17) is 15.2 Å². The maximum Gasteiger partial charge on any atom is 0.500 e. The molecule has 2 N–H and O–H groups in total. The largest absolute Gasteiger partial charge is 0.500 e. The van der Waals surface area contributed by atoms with Gasteiger partial charge in [-0.2, -0.15) is 13.2 Å². The topological polar surface area (TPSA) is 78.6 Å². The number of sulfone groups is 1. The molecule has 9 heteroatoms. The van der Waals surface area contributed by atoms with Crippen molar-refractivity contribution in [3.63, 3.8) is 0 Å². The molecular formula is C12H12F3NO4S. The number of nitrogens with two attached hydrogens (primary N) is 1. The zero-order chi connectivity index (χ0) is 15.5. The van der Waals surface area contributed by atoms with Gasteiger partial charge in [-0.1, -0.05) is 24.3 Å². The summed E-state index contributed by atoms with van der Waals surface area (Å²) in [6.07, 6.45) is 0.0796. The molecule has 1 aromatic rings. The van der Waals surface area contributed by atoms with Crippen LogP contribution in [-0.2, 0) is 25.1 Å². The third-order valence-corrected chi connectivity index (χ3v) is 5.27. The van der Waals surface area contributed by atoms with Gasteiger partial charge in [-0.3, -0.25) is 0 Å². The first kappa shape index (κ1) is 14.8. The third kappa shape index (κ3) is 2.07. The summed E-state index contributed by atoms with van der Waals surface area (Å²) in [5.74, 6) is -1.51. The Morgan fingerprint density at radius 2 is 1.95 bits per heavy atom. The first-order chi connectivity index (χ1) is 9.67. The molecule has 0 radical (unpaired) electrons. The molecule has 1 fully saturated rings. The van der Waals surface area contributed by atoms with E-state index in [1.165, 1.54) is 0 Å². The predicted molar refractivity (Wildman–Crippen MR) is 65.5 cm³/mol. The van der Waals surface area contributed by atoms with Gasteiger partial charge in [-0.25, -0.2) is 8.42 Å². The summed E-state index contributed by atoms with van der Waals surface area (Å²) < 4.78 is 71.1. The predicted octanol–water partition coefficient (Wildman–Crippen LogP) is 1.55. The van der Waals surface area contributed by atoms with Crippen LogP contribution < -0.4 is 5.73 Å². The minimum atomic E-state index is -5.45. The SMILES string of the molecule is NC1CC2(OCC(S(=O)(=O)C(F)(F)F)O2)c2ccccc21. The minimum absolute atomic E-state index is 0.0796. The Morgan fingerprint density at radius 3 is 2.62 bits per heavy atom. The van der Waals surface area contributed by atoms with Crippen LogP contribution in [0.25, 0.3) is 0 Å². The van der Waals surface area contributed by atoms with E-state index in [0.717, 1.165) is 0 Å². The number of hydrogen-bond donors (Lipinski definition) is 1. The molecule has 0 saturated carbocycles. The van der Waals surface area contributed by atoms with Gasteiger partial charge in [-0.15, -0.1) is 0 Å². The van der Waals surface area contributed by atoms with Gasteiger partial charge in [-0.05, 0) is 5.56 Å². The second-order valence-electron chi connectivity index (χ2n) is 5.00. The Bertz CT molecular complexity index is 675. The Labute approximate surface area is 118 Å². The first-order valence-electron chi connectivity index (χ1n) is 6.14. The highest BCUT2D eigenvalue weighted by atomic mass is 32.2. The number of rotatable bonds is 1. The highest BCUT2D eigenvalue weighted by molar-refractivity contribution is 7.92. The fraction of sp³-hybridized carbons (Fsp3) is 0.500. The summed E-state index contributed by atoms with van der Waals surface area (Å²) in [6.45, 7) is -0.678. The van der Waals surface area contributed by atoms with Crippen LogP contribution in [0, 0.1) is 0 Å². The van der Waals surface area contributed by atoms with Gasteiger partial charge in [0.05, 0.1) is 6.61 Å². The molecule has 1 heterocycles. The average molecular weight is 323 g/mol. The van der Waals surface area contributed by atoms with E-state index in [2.05, 4.69) is 0 Å². The monoisotopic (exact) mass is 323 g/mol. The summed E-state index contributed by atoms with van der Waals surface area (Å²) >= 11 is 0. The summed E-state index contributed by atoms with van der Waals surface area (Å²) in [4.78, 5) is 0. The van der Waals surface area contributed by atoms with Crippen LogP contribution in [0.2, 0.25) is 0 Å². The zero-order valence-corrected chi connectivity index (χ0v) is 11.4. The number of hydrogen-bond acceptors (Lipinski definition) is 5. The van der Waals surface area contributed by atoms with E-state index in [-0.39, 0.29) is 6.42 Å². The second kappa shape index (κ2) is 4.42. The second-order valence-corrected chi connectivity index (χ2v) is 7.08. The lowest BCUT2D eigenvalue weighted by Gasteiger charge is -2.24. The lowest BCUT2D eigenvalue weighted by Crippen LogP contribution is -2.37. The van der Waals surface area contributed by atoms with Crippen LogP contribution in [0.3, 0.4) is 0 Å². The Kier molecular flexibility index (Phi) is 3.11. The number of ether oxygens (including phenoxy) is 2. The van der Waals surface area contributed by atoms with Crippen molar-refractivity contribution in [1.29, 1.82) is 0 Å². The molecule has 2 aliphatic rings. The van der Waals surface area contributed by atoms with Crippen molar-refractivity contribution in [2.75, 3.05) is 6.61 Å². The first-order valence-corrected chi connectivity index (χ1v) is 7.69. The molecular weight excluding hydrogens is 311 g/mol. The van der Waals surface area contributed by atoms with Crippen molar-refractivity contribution >= 4 is 9.84 Å². The third-order valence-electron chi connectivity index (χ3n) is 3.70. The molecule has 1 spiro atoms. The number of alkyl halides is 3. The fourth-order valence-electron chi connectivity index (χ4n) is 2.71. The molecule has 3 atom stereocenters. The van der Waals surface area contributed by atoms with Crippen LogP contribution in [-0.4, -0.2) is 26.0 Å². The van der Waals surface area contributed by atoms with E-state index in [0.29, 0.717) is 11.1 Å². The quantitative estimate of drug-likeness (QED) is 0.848. The standard InChI is InChI=1S/C12H12F3NO4S/c13-12(14,15)21(17,18)10-6-19-11(20-10)5-9(16)7-3-1-2-4-8(7)11/h1-4,9-10H,5-6,16H2. The lowest BCUT2D eigenvalue weighted by molar-refractivity contribution is -0.170. The van der Waals surface area contributed by atoms with Crippen molar-refractivity contribution in [2.24, 2.45) is 5.73 Å². The van der Waals surface area contributed by atoms with Crippen molar-refractivity contribution in [2.45, 2.75) is 29.2 Å². The molecule has 0 bridgehead atoms.